The van der Waals surface area contributed by atoms with Crippen LogP contribution in [0.5, 0.6) is 0 Å². The summed E-state index contributed by atoms with van der Waals surface area (Å²) in [5.74, 6) is 0.278. The van der Waals surface area contributed by atoms with Gasteiger partial charge in [-0.3, -0.25) is 4.79 Å². The molecule has 0 aromatic heterocycles. The largest absolute Gasteiger partial charge is 0.312 e. The second-order valence-corrected chi connectivity index (χ2v) is 4.88. The lowest BCUT2D eigenvalue weighted by atomic mass is 9.99. The highest BCUT2D eigenvalue weighted by Gasteiger charge is 2.20. The Morgan fingerprint density at radius 3 is 2.94 bits per heavy atom. The van der Waals surface area contributed by atoms with Crippen molar-refractivity contribution in [2.45, 2.75) is 32.2 Å². The molecule has 1 fully saturated rings. The molecule has 17 heavy (non-hydrogen) atoms. The molecule has 1 aromatic rings. The van der Waals surface area contributed by atoms with E-state index < -0.39 is 0 Å². The number of hydrogen-bond donors (Lipinski definition) is 1. The van der Waals surface area contributed by atoms with Gasteiger partial charge in [-0.15, -0.1) is 0 Å². The molecule has 1 aromatic carbocycles. The zero-order valence-electron chi connectivity index (χ0n) is 10.0. The topological polar surface area (TPSA) is 32.3 Å². The van der Waals surface area contributed by atoms with Crippen LogP contribution < -0.4 is 10.2 Å². The summed E-state index contributed by atoms with van der Waals surface area (Å²) in [5.41, 5.74) is 3.86. The molecule has 2 aliphatic heterocycles. The van der Waals surface area contributed by atoms with Crippen molar-refractivity contribution < 1.29 is 4.79 Å². The van der Waals surface area contributed by atoms with Gasteiger partial charge < -0.3 is 10.2 Å². The van der Waals surface area contributed by atoms with Crippen molar-refractivity contribution in [2.24, 2.45) is 0 Å². The van der Waals surface area contributed by atoms with Crippen molar-refractivity contribution in [3.63, 3.8) is 0 Å². The van der Waals surface area contributed by atoms with Crippen LogP contribution >= 0.6 is 0 Å². The molecule has 0 unspecified atom stereocenters. The van der Waals surface area contributed by atoms with Gasteiger partial charge in [0.1, 0.15) is 0 Å². The molecular formula is C14H18N2O. The fraction of sp³-hybridized carbons (Fsp3) is 0.500. The summed E-state index contributed by atoms with van der Waals surface area (Å²) in [6.45, 7) is 2.88. The second-order valence-electron chi connectivity index (χ2n) is 4.88. The summed E-state index contributed by atoms with van der Waals surface area (Å²) in [4.78, 5) is 13.8. The van der Waals surface area contributed by atoms with Crippen LogP contribution in [0.25, 0.3) is 0 Å². The third kappa shape index (κ3) is 2.07. The van der Waals surface area contributed by atoms with Gasteiger partial charge in [0.25, 0.3) is 0 Å². The summed E-state index contributed by atoms with van der Waals surface area (Å²) in [7, 11) is 0. The lowest BCUT2D eigenvalue weighted by molar-refractivity contribution is -0.119. The molecule has 2 heterocycles. The monoisotopic (exact) mass is 230 g/mol. The first-order valence-electron chi connectivity index (χ1n) is 6.47. The predicted molar refractivity (Wildman–Crippen MR) is 68.1 cm³/mol. The summed E-state index contributed by atoms with van der Waals surface area (Å²) >= 11 is 0. The maximum Gasteiger partial charge on any atom is 0.226 e. The van der Waals surface area contributed by atoms with E-state index >= 15 is 0 Å². The fourth-order valence-corrected chi connectivity index (χ4v) is 2.71. The Bertz CT molecular complexity index is 442. The predicted octanol–water partition coefficient (Wildman–Crippen LogP) is 1.85. The smallest absolute Gasteiger partial charge is 0.226 e. The number of carbonyl (C=O) groups is 1. The number of piperidine rings is 1. The van der Waals surface area contributed by atoms with Crippen molar-refractivity contribution in [2.75, 3.05) is 18.0 Å². The summed E-state index contributed by atoms with van der Waals surface area (Å²) in [6.07, 6.45) is 3.97. The average Bonchev–Trinajstić information content (AvgIpc) is 2.39. The van der Waals surface area contributed by atoms with E-state index in [0.29, 0.717) is 6.42 Å². The maximum atomic E-state index is 11.9. The molecule has 90 valence electrons. The Hall–Kier alpha value is -1.35. The molecule has 0 bridgehead atoms. The minimum atomic E-state index is 0.278. The number of hydrogen-bond acceptors (Lipinski definition) is 2. The van der Waals surface area contributed by atoms with Crippen molar-refractivity contribution in [3.8, 4) is 0 Å². The number of rotatable bonds is 1. The third-order valence-corrected chi connectivity index (χ3v) is 3.71. The Balaban J connectivity index is 1.89. The zero-order chi connectivity index (χ0) is 11.7. The van der Waals surface area contributed by atoms with Crippen LogP contribution in [0.4, 0.5) is 5.69 Å². The number of nitrogens with zero attached hydrogens (tertiary/aromatic N) is 1. The van der Waals surface area contributed by atoms with E-state index in [9.17, 15) is 4.79 Å². The highest BCUT2D eigenvalue weighted by atomic mass is 16.2. The van der Waals surface area contributed by atoms with Crippen molar-refractivity contribution in [1.82, 2.24) is 5.32 Å². The molecule has 2 aliphatic rings. The van der Waals surface area contributed by atoms with E-state index in [1.54, 1.807) is 0 Å². The molecule has 0 spiro atoms. The molecule has 0 saturated carbocycles. The highest BCUT2D eigenvalue weighted by molar-refractivity contribution is 5.94. The molecule has 1 saturated heterocycles. The van der Waals surface area contributed by atoms with Gasteiger partial charge in [0.15, 0.2) is 0 Å². The van der Waals surface area contributed by atoms with Gasteiger partial charge in [0.2, 0.25) is 5.91 Å². The van der Waals surface area contributed by atoms with Crippen molar-refractivity contribution in [3.05, 3.63) is 29.3 Å². The van der Waals surface area contributed by atoms with Crippen LogP contribution in [0.2, 0.25) is 0 Å². The third-order valence-electron chi connectivity index (χ3n) is 3.71. The molecule has 0 aliphatic carbocycles. The quantitative estimate of drug-likeness (QED) is 0.798. The molecular weight excluding hydrogens is 212 g/mol. The maximum absolute atomic E-state index is 11.9. The highest BCUT2D eigenvalue weighted by Crippen LogP contribution is 2.25. The first-order valence-corrected chi connectivity index (χ1v) is 6.47. The van der Waals surface area contributed by atoms with Gasteiger partial charge in [-0.2, -0.15) is 0 Å². The Morgan fingerprint density at radius 2 is 2.06 bits per heavy atom. The summed E-state index contributed by atoms with van der Waals surface area (Å²) in [5, 5.41) is 3.38. The van der Waals surface area contributed by atoms with Gasteiger partial charge >= 0.3 is 0 Å². The van der Waals surface area contributed by atoms with Gasteiger partial charge in [-0.25, -0.2) is 0 Å². The van der Waals surface area contributed by atoms with Crippen LogP contribution in [0.15, 0.2) is 18.2 Å². The number of anilines is 1. The molecule has 3 rings (SSSR count). The Morgan fingerprint density at radius 1 is 1.12 bits per heavy atom. The van der Waals surface area contributed by atoms with E-state index in [0.717, 1.165) is 44.6 Å². The summed E-state index contributed by atoms with van der Waals surface area (Å²) < 4.78 is 0. The standard InChI is InChI=1S/C14H18N2O/c17-14-3-1-2-8-16(14)13-5-4-11-6-7-15-10-12(11)9-13/h4-5,9,15H,1-3,6-8,10H2. The van der Waals surface area contributed by atoms with Gasteiger partial charge in [-0.05, 0) is 49.1 Å². The van der Waals surface area contributed by atoms with E-state index in [4.69, 9.17) is 0 Å². The Kier molecular flexibility index (Phi) is 2.85. The van der Waals surface area contributed by atoms with Crippen molar-refractivity contribution >= 4 is 11.6 Å². The molecule has 1 N–H and O–H groups in total. The van der Waals surface area contributed by atoms with Crippen molar-refractivity contribution in [1.29, 1.82) is 0 Å². The normalized spacial score (nSPS) is 20.2. The van der Waals surface area contributed by atoms with Gasteiger partial charge in [0.05, 0.1) is 0 Å². The molecule has 3 heteroatoms. The number of benzene rings is 1. The van der Waals surface area contributed by atoms with Crippen LogP contribution in [0.3, 0.4) is 0 Å². The number of fused-ring (bicyclic) bond motifs is 1. The average molecular weight is 230 g/mol. The second kappa shape index (κ2) is 4.49. The van der Waals surface area contributed by atoms with Crippen LogP contribution in [0.1, 0.15) is 30.4 Å². The number of nitrogens with one attached hydrogen (secondary N) is 1. The van der Waals surface area contributed by atoms with Crippen LogP contribution in [-0.2, 0) is 17.8 Å². The lowest BCUT2D eigenvalue weighted by Gasteiger charge is -2.28. The van der Waals surface area contributed by atoms with E-state index in [1.807, 2.05) is 4.90 Å². The van der Waals surface area contributed by atoms with E-state index in [-0.39, 0.29) is 5.91 Å². The van der Waals surface area contributed by atoms with Crippen LogP contribution in [-0.4, -0.2) is 19.0 Å². The first-order chi connectivity index (χ1) is 8.34. The first kappa shape index (κ1) is 10.8. The number of carbonyl (C=O) groups excluding carboxylic acids is 1. The van der Waals surface area contributed by atoms with Gasteiger partial charge in [0, 0.05) is 25.2 Å². The Labute approximate surface area is 102 Å². The molecule has 0 radical (unpaired) electrons. The summed E-state index contributed by atoms with van der Waals surface area (Å²) in [6, 6.07) is 6.48. The van der Waals surface area contributed by atoms with Gasteiger partial charge in [-0.1, -0.05) is 6.07 Å². The van der Waals surface area contributed by atoms with Crippen LogP contribution in [0, 0.1) is 0 Å². The zero-order valence-corrected chi connectivity index (χ0v) is 10.0. The molecule has 1 amide bonds. The lowest BCUT2D eigenvalue weighted by Crippen LogP contribution is -2.35. The SMILES string of the molecule is O=C1CCCCN1c1ccc2c(c1)CNCC2. The minimum Gasteiger partial charge on any atom is -0.312 e. The van der Waals surface area contributed by atoms with E-state index in [1.165, 1.54) is 11.1 Å². The number of amides is 1. The minimum absolute atomic E-state index is 0.278. The fourth-order valence-electron chi connectivity index (χ4n) is 2.71. The van der Waals surface area contributed by atoms with E-state index in [2.05, 4.69) is 23.5 Å². The molecule has 0 atom stereocenters. The molecule has 3 nitrogen and oxygen atoms in total.